The van der Waals surface area contributed by atoms with Crippen molar-refractivity contribution in [1.82, 2.24) is 20.2 Å². The number of hydrogen-bond acceptors (Lipinski definition) is 7. The Balaban J connectivity index is 1.58. The molecule has 0 spiro atoms. The summed E-state index contributed by atoms with van der Waals surface area (Å²) >= 11 is 0. The van der Waals surface area contributed by atoms with Crippen molar-refractivity contribution in [1.29, 1.82) is 0 Å². The largest absolute Gasteiger partial charge is 0.393 e. The van der Waals surface area contributed by atoms with E-state index in [1.54, 1.807) is 0 Å². The van der Waals surface area contributed by atoms with Crippen LogP contribution in [0.3, 0.4) is 0 Å². The molecule has 0 aromatic carbocycles. The van der Waals surface area contributed by atoms with E-state index in [1.807, 2.05) is 19.0 Å². The van der Waals surface area contributed by atoms with Crippen molar-refractivity contribution in [2.75, 3.05) is 63.2 Å². The molecule has 0 unspecified atom stereocenters. The fraction of sp³-hybridized carbons (Fsp3) is 0.789. The number of rotatable bonds is 4. The summed E-state index contributed by atoms with van der Waals surface area (Å²) in [4.78, 5) is 16.7. The fourth-order valence-corrected chi connectivity index (χ4v) is 4.37. The molecule has 7 heteroatoms. The van der Waals surface area contributed by atoms with E-state index in [0.717, 1.165) is 76.2 Å². The van der Waals surface area contributed by atoms with Gasteiger partial charge in [-0.15, -0.1) is 0 Å². The molecule has 26 heavy (non-hydrogen) atoms. The first-order chi connectivity index (χ1) is 12.6. The highest BCUT2D eigenvalue weighted by atomic mass is 16.3. The third-order valence-corrected chi connectivity index (χ3v) is 5.95. The van der Waals surface area contributed by atoms with Gasteiger partial charge >= 0.3 is 0 Å². The van der Waals surface area contributed by atoms with Crippen molar-refractivity contribution in [3.8, 4) is 0 Å². The number of aromatic nitrogens is 2. The second-order valence-corrected chi connectivity index (χ2v) is 8.23. The van der Waals surface area contributed by atoms with Crippen LogP contribution < -0.4 is 15.1 Å². The molecule has 0 amide bonds. The summed E-state index contributed by atoms with van der Waals surface area (Å²) in [5, 5.41) is 13.4. The first-order valence-corrected chi connectivity index (χ1v) is 10.0. The normalized spacial score (nSPS) is 24.7. The van der Waals surface area contributed by atoms with Gasteiger partial charge in [0.25, 0.3) is 0 Å². The zero-order chi connectivity index (χ0) is 18.1. The molecule has 4 heterocycles. The Morgan fingerprint density at radius 1 is 1.15 bits per heavy atom. The van der Waals surface area contributed by atoms with Crippen molar-refractivity contribution < 1.29 is 5.11 Å². The van der Waals surface area contributed by atoms with Crippen LogP contribution in [0, 0.1) is 5.92 Å². The van der Waals surface area contributed by atoms with Gasteiger partial charge in [-0.3, -0.25) is 4.90 Å². The van der Waals surface area contributed by atoms with Crippen LogP contribution in [0.5, 0.6) is 0 Å². The molecule has 1 atom stereocenters. The maximum atomic E-state index is 9.87. The number of piperidine rings is 1. The van der Waals surface area contributed by atoms with Crippen LogP contribution in [-0.2, 0) is 13.0 Å². The number of fused-ring (bicyclic) bond motifs is 1. The Morgan fingerprint density at radius 2 is 1.96 bits per heavy atom. The molecule has 2 saturated heterocycles. The van der Waals surface area contributed by atoms with Crippen LogP contribution in [0.2, 0.25) is 0 Å². The molecule has 1 aromatic heterocycles. The number of hydrogen-bond donors (Lipinski definition) is 2. The van der Waals surface area contributed by atoms with Gasteiger partial charge in [-0.25, -0.2) is 4.98 Å². The highest BCUT2D eigenvalue weighted by Gasteiger charge is 2.29. The second kappa shape index (κ2) is 7.66. The lowest BCUT2D eigenvalue weighted by Crippen LogP contribution is -2.40. The van der Waals surface area contributed by atoms with E-state index in [-0.39, 0.29) is 6.10 Å². The maximum absolute atomic E-state index is 9.87. The first-order valence-electron chi connectivity index (χ1n) is 10.0. The molecule has 4 rings (SSSR count). The van der Waals surface area contributed by atoms with E-state index in [4.69, 9.17) is 9.97 Å². The van der Waals surface area contributed by atoms with E-state index in [2.05, 4.69) is 15.1 Å². The highest BCUT2D eigenvalue weighted by molar-refractivity contribution is 5.54. The first kappa shape index (κ1) is 17.9. The fourth-order valence-electron chi connectivity index (χ4n) is 4.37. The third kappa shape index (κ3) is 3.80. The molecule has 3 aliphatic rings. The standard InChI is InChI=1S/C19H32N6O/c1-23(2)19-21-17-6-8-24(12-14-3-7-20-11-14)13-16(17)18(22-19)25-9-4-15(26)5-10-25/h14-15,20,26H,3-13H2,1-2H3/t14-/m1/s1. The van der Waals surface area contributed by atoms with Gasteiger partial charge in [-0.1, -0.05) is 0 Å². The Kier molecular flexibility index (Phi) is 5.29. The summed E-state index contributed by atoms with van der Waals surface area (Å²) in [5.41, 5.74) is 2.52. The summed E-state index contributed by atoms with van der Waals surface area (Å²) in [7, 11) is 4.02. The molecule has 0 aliphatic carbocycles. The predicted molar refractivity (Wildman–Crippen MR) is 104 cm³/mol. The summed E-state index contributed by atoms with van der Waals surface area (Å²) in [6.07, 6.45) is 3.78. The lowest BCUT2D eigenvalue weighted by atomic mass is 10.0. The van der Waals surface area contributed by atoms with Gasteiger partial charge in [0, 0.05) is 58.8 Å². The number of anilines is 2. The molecular formula is C19H32N6O. The second-order valence-electron chi connectivity index (χ2n) is 8.23. The van der Waals surface area contributed by atoms with Crippen LogP contribution in [0.1, 0.15) is 30.5 Å². The summed E-state index contributed by atoms with van der Waals surface area (Å²) < 4.78 is 0. The summed E-state index contributed by atoms with van der Waals surface area (Å²) in [6.45, 7) is 7.27. The predicted octanol–water partition coefficient (Wildman–Crippen LogP) is 0.471. The smallest absolute Gasteiger partial charge is 0.227 e. The third-order valence-electron chi connectivity index (χ3n) is 5.95. The Bertz CT molecular complexity index is 623. The average molecular weight is 361 g/mol. The van der Waals surface area contributed by atoms with E-state index < -0.39 is 0 Å². The van der Waals surface area contributed by atoms with Crippen LogP contribution in [0.15, 0.2) is 0 Å². The molecule has 2 N–H and O–H groups in total. The molecule has 0 saturated carbocycles. The zero-order valence-electron chi connectivity index (χ0n) is 16.1. The quantitative estimate of drug-likeness (QED) is 0.809. The minimum atomic E-state index is -0.163. The van der Waals surface area contributed by atoms with Gasteiger partial charge < -0.3 is 20.2 Å². The van der Waals surface area contributed by atoms with Gasteiger partial charge in [-0.05, 0) is 38.3 Å². The highest BCUT2D eigenvalue weighted by Crippen LogP contribution is 2.31. The van der Waals surface area contributed by atoms with Crippen molar-refractivity contribution in [2.45, 2.75) is 38.3 Å². The SMILES string of the molecule is CN(C)c1nc2c(c(N3CCC(O)CC3)n1)CN(C[C@@H]1CCNC1)CC2. The Labute approximate surface area is 156 Å². The lowest BCUT2D eigenvalue weighted by Gasteiger charge is -2.36. The maximum Gasteiger partial charge on any atom is 0.227 e. The van der Waals surface area contributed by atoms with E-state index in [1.165, 1.54) is 24.2 Å². The minimum Gasteiger partial charge on any atom is -0.393 e. The molecule has 1 aromatic rings. The average Bonchev–Trinajstić information content (AvgIpc) is 3.14. The van der Waals surface area contributed by atoms with Gasteiger partial charge in [0.2, 0.25) is 5.95 Å². The van der Waals surface area contributed by atoms with Crippen LogP contribution in [0.25, 0.3) is 0 Å². The Morgan fingerprint density at radius 3 is 2.65 bits per heavy atom. The van der Waals surface area contributed by atoms with E-state index >= 15 is 0 Å². The molecule has 0 radical (unpaired) electrons. The van der Waals surface area contributed by atoms with Crippen LogP contribution in [0.4, 0.5) is 11.8 Å². The van der Waals surface area contributed by atoms with Gasteiger partial charge in [-0.2, -0.15) is 4.98 Å². The number of nitrogens with one attached hydrogen (secondary N) is 1. The number of aliphatic hydroxyl groups is 1. The van der Waals surface area contributed by atoms with Crippen LogP contribution in [-0.4, -0.2) is 79.4 Å². The van der Waals surface area contributed by atoms with E-state index in [9.17, 15) is 5.11 Å². The topological polar surface area (TPSA) is 67.8 Å². The number of aliphatic hydroxyl groups excluding tert-OH is 1. The molecule has 7 nitrogen and oxygen atoms in total. The zero-order valence-corrected chi connectivity index (χ0v) is 16.1. The summed E-state index contributed by atoms with van der Waals surface area (Å²) in [5.74, 6) is 2.67. The van der Waals surface area contributed by atoms with Gasteiger partial charge in [0.1, 0.15) is 5.82 Å². The monoisotopic (exact) mass is 360 g/mol. The number of nitrogens with zero attached hydrogens (tertiary/aromatic N) is 5. The van der Waals surface area contributed by atoms with Crippen LogP contribution >= 0.6 is 0 Å². The summed E-state index contributed by atoms with van der Waals surface area (Å²) in [6, 6.07) is 0. The van der Waals surface area contributed by atoms with Gasteiger partial charge in [0.15, 0.2) is 0 Å². The molecule has 2 fully saturated rings. The molecule has 0 bridgehead atoms. The van der Waals surface area contributed by atoms with E-state index in [0.29, 0.717) is 0 Å². The lowest BCUT2D eigenvalue weighted by molar-refractivity contribution is 0.145. The van der Waals surface area contributed by atoms with Crippen molar-refractivity contribution in [3.05, 3.63) is 11.3 Å². The molecule has 3 aliphatic heterocycles. The Hall–Kier alpha value is -1.44. The van der Waals surface area contributed by atoms with Crippen molar-refractivity contribution >= 4 is 11.8 Å². The molecule has 144 valence electrons. The minimum absolute atomic E-state index is 0.163. The molecular weight excluding hydrogens is 328 g/mol. The van der Waals surface area contributed by atoms with Crippen molar-refractivity contribution in [2.24, 2.45) is 5.92 Å². The van der Waals surface area contributed by atoms with Gasteiger partial charge in [0.05, 0.1) is 11.8 Å². The van der Waals surface area contributed by atoms with Crippen molar-refractivity contribution in [3.63, 3.8) is 0 Å².